The Bertz CT molecular complexity index is 1690. The van der Waals surface area contributed by atoms with E-state index < -0.39 is 60.7 Å². The molecule has 0 unspecified atom stereocenters. The van der Waals surface area contributed by atoms with E-state index in [1.165, 1.54) is 13.3 Å². The molecule has 0 spiro atoms. The first-order valence-corrected chi connectivity index (χ1v) is 16.5. The van der Waals surface area contributed by atoms with Gasteiger partial charge in [0.15, 0.2) is 17.3 Å². The van der Waals surface area contributed by atoms with Crippen LogP contribution in [0.1, 0.15) is 47.4 Å². The molecule has 2 aliphatic heterocycles. The zero-order valence-electron chi connectivity index (χ0n) is 27.5. The van der Waals surface area contributed by atoms with Gasteiger partial charge < -0.3 is 34.3 Å². The van der Waals surface area contributed by atoms with Crippen LogP contribution in [0.15, 0.2) is 54.9 Å². The van der Waals surface area contributed by atoms with Crippen molar-refractivity contribution >= 4 is 29.4 Å². The van der Waals surface area contributed by atoms with E-state index in [0.29, 0.717) is 46.2 Å². The van der Waals surface area contributed by atoms with Crippen molar-refractivity contribution in [2.45, 2.75) is 62.4 Å². The van der Waals surface area contributed by atoms with Crippen molar-refractivity contribution < 1.29 is 55.6 Å². The number of carbonyl (C=O) groups excluding carboxylic acids is 3. The predicted octanol–water partition coefficient (Wildman–Crippen LogP) is 5.45. The van der Waals surface area contributed by atoms with Crippen LogP contribution in [0, 0.1) is 5.82 Å². The molecule has 1 saturated heterocycles. The maximum atomic E-state index is 15.3. The van der Waals surface area contributed by atoms with Gasteiger partial charge in [-0.3, -0.25) is 14.6 Å². The van der Waals surface area contributed by atoms with E-state index >= 15 is 4.39 Å². The number of pyridine rings is 1. The van der Waals surface area contributed by atoms with E-state index in [-0.39, 0.29) is 44.5 Å². The molecule has 11 nitrogen and oxygen atoms in total. The van der Waals surface area contributed by atoms with Crippen LogP contribution in [0.3, 0.4) is 0 Å². The van der Waals surface area contributed by atoms with Gasteiger partial charge in [0.25, 0.3) is 0 Å². The molecule has 1 amide bonds. The van der Waals surface area contributed by atoms with Crippen molar-refractivity contribution in [1.82, 2.24) is 15.6 Å². The molecule has 0 bridgehead atoms. The molecule has 0 radical (unpaired) electrons. The van der Waals surface area contributed by atoms with Crippen LogP contribution in [0.4, 0.5) is 22.4 Å². The zero-order chi connectivity index (χ0) is 36.5. The Morgan fingerprint density at radius 1 is 1.08 bits per heavy atom. The largest absolute Gasteiger partial charge is 0.464 e. The molecule has 1 aromatic heterocycles. The number of fused-ring (bicyclic) bond motifs is 1. The van der Waals surface area contributed by atoms with Crippen LogP contribution >= 0.6 is 11.6 Å². The summed E-state index contributed by atoms with van der Waals surface area (Å²) in [6.45, 7) is 0.316. The van der Waals surface area contributed by atoms with E-state index in [2.05, 4.69) is 15.6 Å². The van der Waals surface area contributed by atoms with E-state index in [9.17, 15) is 27.6 Å². The van der Waals surface area contributed by atoms with E-state index in [0.717, 1.165) is 6.20 Å². The third kappa shape index (κ3) is 10.5. The van der Waals surface area contributed by atoms with Crippen molar-refractivity contribution in [3.63, 3.8) is 0 Å². The lowest BCUT2D eigenvalue weighted by molar-refractivity contribution is -0.158. The van der Waals surface area contributed by atoms with Gasteiger partial charge in [-0.15, -0.1) is 0 Å². The summed E-state index contributed by atoms with van der Waals surface area (Å²) in [5.41, 5.74) is 1.86. The van der Waals surface area contributed by atoms with Crippen LogP contribution in [0.25, 0.3) is 0 Å². The molecule has 4 atom stereocenters. The first-order valence-electron chi connectivity index (χ1n) is 16.1. The molecule has 1 fully saturated rings. The number of hydrogen-bond acceptors (Lipinski definition) is 10. The fourth-order valence-electron chi connectivity index (χ4n) is 5.90. The molecule has 2 aliphatic rings. The number of nitrogens with zero attached hydrogens (tertiary/aromatic N) is 1. The first-order chi connectivity index (χ1) is 24.4. The van der Waals surface area contributed by atoms with Crippen LogP contribution < -0.4 is 20.1 Å². The Labute approximate surface area is 295 Å². The number of carbonyl (C=O) groups is 3. The molecular formula is C35H36ClF4N3O8. The van der Waals surface area contributed by atoms with Crippen LogP contribution in [-0.2, 0) is 36.6 Å². The highest BCUT2D eigenvalue weighted by molar-refractivity contribution is 6.30. The molecule has 3 aromatic rings. The Kier molecular flexibility index (Phi) is 12.7. The molecule has 0 saturated carbocycles. The number of rotatable bonds is 14. The van der Waals surface area contributed by atoms with Gasteiger partial charge >= 0.3 is 18.2 Å². The molecule has 0 aliphatic carbocycles. The highest BCUT2D eigenvalue weighted by Gasteiger charge is 2.35. The molecule has 5 rings (SSSR count). The van der Waals surface area contributed by atoms with Crippen molar-refractivity contribution in [3.8, 4) is 11.5 Å². The van der Waals surface area contributed by atoms with Gasteiger partial charge in [0, 0.05) is 30.1 Å². The maximum absolute atomic E-state index is 15.3. The highest BCUT2D eigenvalue weighted by atomic mass is 35.5. The molecule has 3 heterocycles. The fraction of sp³-hybridized carbons (Fsp3) is 0.429. The van der Waals surface area contributed by atoms with Gasteiger partial charge in [-0.2, -0.15) is 13.2 Å². The first kappa shape index (κ1) is 37.8. The SMILES string of the molecule is COC(=O)N[C@H](C(=O)Cc1cncc(F)c1CC[C@@H]1CN[C@H](COC(=O)CCC(F)(F)F)CO1)[C@@H](c1ccc(Cl)cc1)c1ccc2c(c1)OCO2. The van der Waals surface area contributed by atoms with Crippen molar-refractivity contribution in [1.29, 1.82) is 0 Å². The van der Waals surface area contributed by atoms with Crippen LogP contribution in [0.5, 0.6) is 11.5 Å². The third-order valence-electron chi connectivity index (χ3n) is 8.52. The van der Waals surface area contributed by atoms with Gasteiger partial charge in [-0.05, 0) is 59.4 Å². The predicted molar refractivity (Wildman–Crippen MR) is 174 cm³/mol. The fourth-order valence-corrected chi connectivity index (χ4v) is 6.02. The number of methoxy groups -OCH3 is 1. The summed E-state index contributed by atoms with van der Waals surface area (Å²) in [7, 11) is 1.18. The molecule has 2 aromatic carbocycles. The smallest absolute Gasteiger partial charge is 0.407 e. The topological polar surface area (TPSA) is 134 Å². The number of ketones is 1. The summed E-state index contributed by atoms with van der Waals surface area (Å²) < 4.78 is 79.0. The van der Waals surface area contributed by atoms with E-state index in [4.69, 9.17) is 35.3 Å². The van der Waals surface area contributed by atoms with Crippen LogP contribution in [0.2, 0.25) is 5.02 Å². The number of alkyl carbamates (subject to hydrolysis) is 1. The van der Waals surface area contributed by atoms with Gasteiger partial charge in [0.1, 0.15) is 18.5 Å². The number of esters is 1. The summed E-state index contributed by atoms with van der Waals surface area (Å²) in [4.78, 5) is 42.5. The average molecular weight is 738 g/mol. The molecular weight excluding hydrogens is 702 g/mol. The van der Waals surface area contributed by atoms with Gasteiger partial charge in [0.05, 0.1) is 44.9 Å². The average Bonchev–Trinajstić information content (AvgIpc) is 3.58. The molecule has 2 N–H and O–H groups in total. The Hall–Kier alpha value is -4.47. The number of morpholine rings is 1. The minimum absolute atomic E-state index is 0.0365. The number of aromatic nitrogens is 1. The standard InChI is InChI=1S/C35H36ClF4N3O8/c1-47-34(46)43-33(32(20-2-5-23(36)6-3-20)21-4-9-29-30(13-21)51-19-50-29)28(44)12-22-14-41-16-27(37)26(22)8-7-25-15-42-24(17-48-25)18-49-31(45)10-11-35(38,39)40/h2-6,9,13-14,16,24-25,32-33,42H,7-8,10-12,15,17-19H2,1H3,(H,43,46)/t24-,25+,32-,33+/m0/s1. The lowest BCUT2D eigenvalue weighted by Gasteiger charge is -2.30. The maximum Gasteiger partial charge on any atom is 0.407 e. The number of amides is 1. The number of benzene rings is 2. The van der Waals surface area contributed by atoms with Gasteiger partial charge in [0.2, 0.25) is 6.79 Å². The van der Waals surface area contributed by atoms with Crippen molar-refractivity contribution in [2.75, 3.05) is 33.7 Å². The number of nitrogens with one attached hydrogen (secondary N) is 2. The Balaban J connectivity index is 1.28. The van der Waals surface area contributed by atoms with Crippen LogP contribution in [-0.4, -0.2) is 80.9 Å². The number of halogens is 5. The summed E-state index contributed by atoms with van der Waals surface area (Å²) in [6.07, 6.45) is -4.97. The summed E-state index contributed by atoms with van der Waals surface area (Å²) in [5.74, 6) is -1.76. The second kappa shape index (κ2) is 17.2. The lowest BCUT2D eigenvalue weighted by atomic mass is 9.81. The van der Waals surface area contributed by atoms with Crippen molar-refractivity contribution in [3.05, 3.63) is 88.0 Å². The second-order valence-corrected chi connectivity index (χ2v) is 12.5. The van der Waals surface area contributed by atoms with Gasteiger partial charge in [-0.25, -0.2) is 9.18 Å². The quantitative estimate of drug-likeness (QED) is 0.163. The third-order valence-corrected chi connectivity index (χ3v) is 8.78. The number of ether oxygens (including phenoxy) is 5. The number of hydrogen-bond donors (Lipinski definition) is 2. The minimum atomic E-state index is -4.45. The second-order valence-electron chi connectivity index (χ2n) is 12.1. The summed E-state index contributed by atoms with van der Waals surface area (Å²) in [6, 6.07) is 10.4. The van der Waals surface area contributed by atoms with E-state index in [1.54, 1.807) is 42.5 Å². The molecule has 274 valence electrons. The zero-order valence-corrected chi connectivity index (χ0v) is 28.2. The monoisotopic (exact) mass is 737 g/mol. The lowest BCUT2D eigenvalue weighted by Crippen LogP contribution is -2.49. The Morgan fingerprint density at radius 3 is 2.53 bits per heavy atom. The number of Topliss-reactive ketones (excluding diaryl/α,β-unsaturated/α-hetero) is 1. The van der Waals surface area contributed by atoms with Crippen molar-refractivity contribution in [2.24, 2.45) is 0 Å². The molecule has 51 heavy (non-hydrogen) atoms. The normalized spacial score (nSPS) is 18.1. The minimum Gasteiger partial charge on any atom is -0.464 e. The Morgan fingerprint density at radius 2 is 1.82 bits per heavy atom. The van der Waals surface area contributed by atoms with Gasteiger partial charge in [-0.1, -0.05) is 29.8 Å². The number of alkyl halides is 3. The summed E-state index contributed by atoms with van der Waals surface area (Å²) >= 11 is 6.17. The van der Waals surface area contributed by atoms with E-state index in [1.807, 2.05) is 0 Å². The summed E-state index contributed by atoms with van der Waals surface area (Å²) in [5, 5.41) is 6.28. The molecule has 16 heteroatoms. The highest BCUT2D eigenvalue weighted by Crippen LogP contribution is 2.38.